The molecule has 3 heterocycles. The van der Waals surface area contributed by atoms with Gasteiger partial charge in [-0.1, -0.05) is 0 Å². The van der Waals surface area contributed by atoms with Crippen LogP contribution < -0.4 is 9.46 Å². The molecule has 0 fully saturated rings. The van der Waals surface area contributed by atoms with Crippen molar-refractivity contribution in [3.05, 3.63) is 55.1 Å². The lowest BCUT2D eigenvalue weighted by Crippen LogP contribution is -2.28. The molecule has 24 heavy (non-hydrogen) atoms. The fourth-order valence-electron chi connectivity index (χ4n) is 1.87. The zero-order valence-corrected chi connectivity index (χ0v) is 13.3. The Labute approximate surface area is 138 Å². The van der Waals surface area contributed by atoms with Crippen molar-refractivity contribution in [3.63, 3.8) is 0 Å². The second kappa shape index (κ2) is 7.20. The summed E-state index contributed by atoms with van der Waals surface area (Å²) in [4.78, 5) is 3.88. The van der Waals surface area contributed by atoms with Crippen molar-refractivity contribution in [2.45, 2.75) is 4.90 Å². The van der Waals surface area contributed by atoms with Crippen LogP contribution in [0.4, 0.5) is 0 Å². The first-order chi connectivity index (χ1) is 11.6. The predicted octanol–water partition coefficient (Wildman–Crippen LogP) is 1.49. The lowest BCUT2D eigenvalue weighted by molar-refractivity contribution is 0.307. The summed E-state index contributed by atoms with van der Waals surface area (Å²) in [6.07, 6.45) is 4.34. The minimum absolute atomic E-state index is 0.0961. The molecule has 0 saturated heterocycles. The van der Waals surface area contributed by atoms with Crippen LogP contribution in [0, 0.1) is 0 Å². The molecule has 0 aliphatic rings. The Morgan fingerprint density at radius 3 is 2.71 bits per heavy atom. The van der Waals surface area contributed by atoms with Crippen LogP contribution in [-0.4, -0.2) is 36.8 Å². The van der Waals surface area contributed by atoms with Crippen molar-refractivity contribution in [1.82, 2.24) is 19.9 Å². The van der Waals surface area contributed by atoms with Crippen LogP contribution in [0.15, 0.2) is 64.4 Å². The number of furan rings is 1. The molecule has 3 aromatic heterocycles. The smallest absolute Gasteiger partial charge is 0.242 e. The Balaban J connectivity index is 1.50. The average Bonchev–Trinajstić information content (AvgIpc) is 3.15. The first kappa shape index (κ1) is 16.1. The molecule has 0 unspecified atom stereocenters. The molecule has 0 spiro atoms. The van der Waals surface area contributed by atoms with Crippen LogP contribution in [-0.2, 0) is 10.0 Å². The molecule has 9 heteroatoms. The maximum atomic E-state index is 12.0. The van der Waals surface area contributed by atoms with Gasteiger partial charge in [0.25, 0.3) is 0 Å². The number of nitrogens with one attached hydrogen (secondary N) is 1. The van der Waals surface area contributed by atoms with Crippen LogP contribution in [0.3, 0.4) is 0 Å². The average molecular weight is 346 g/mol. The summed E-state index contributed by atoms with van der Waals surface area (Å²) >= 11 is 0. The lowest BCUT2D eigenvalue weighted by atomic mass is 10.3. The molecular formula is C15H14N4O4S. The topological polar surface area (TPSA) is 107 Å². The molecule has 0 saturated carbocycles. The number of rotatable bonds is 7. The zero-order chi connectivity index (χ0) is 16.8. The van der Waals surface area contributed by atoms with E-state index in [4.69, 9.17) is 9.15 Å². The van der Waals surface area contributed by atoms with Crippen molar-refractivity contribution in [2.75, 3.05) is 13.2 Å². The van der Waals surface area contributed by atoms with Gasteiger partial charge in [0.15, 0.2) is 5.76 Å². The molecule has 0 atom stereocenters. The second-order valence-corrected chi connectivity index (χ2v) is 6.44. The Hall–Kier alpha value is -2.78. The Morgan fingerprint density at radius 2 is 2.04 bits per heavy atom. The quantitative estimate of drug-likeness (QED) is 0.646. The third-order valence-corrected chi connectivity index (χ3v) is 4.45. The third kappa shape index (κ3) is 3.94. The van der Waals surface area contributed by atoms with Crippen molar-refractivity contribution >= 4 is 10.0 Å². The van der Waals surface area contributed by atoms with Crippen molar-refractivity contribution in [2.24, 2.45) is 0 Å². The molecule has 124 valence electrons. The van der Waals surface area contributed by atoms with E-state index in [0.717, 1.165) is 0 Å². The molecule has 8 nitrogen and oxygen atoms in total. The van der Waals surface area contributed by atoms with Crippen molar-refractivity contribution in [1.29, 1.82) is 0 Å². The predicted molar refractivity (Wildman–Crippen MR) is 84.7 cm³/mol. The number of hydrogen-bond acceptors (Lipinski definition) is 7. The zero-order valence-electron chi connectivity index (χ0n) is 12.5. The lowest BCUT2D eigenvalue weighted by Gasteiger charge is -2.07. The van der Waals surface area contributed by atoms with Gasteiger partial charge in [-0.2, -0.15) is 0 Å². The van der Waals surface area contributed by atoms with Crippen LogP contribution in [0.25, 0.3) is 11.5 Å². The number of hydrogen-bond donors (Lipinski definition) is 1. The molecule has 0 radical (unpaired) electrons. The van der Waals surface area contributed by atoms with Gasteiger partial charge < -0.3 is 9.15 Å². The van der Waals surface area contributed by atoms with E-state index in [0.29, 0.717) is 17.3 Å². The summed E-state index contributed by atoms with van der Waals surface area (Å²) in [6, 6.07) is 9.91. The summed E-state index contributed by atoms with van der Waals surface area (Å²) in [6.45, 7) is 0.215. The largest absolute Gasteiger partial charge is 0.475 e. The molecule has 1 N–H and O–H groups in total. The van der Waals surface area contributed by atoms with Gasteiger partial charge in [0.05, 0.1) is 6.26 Å². The second-order valence-electron chi connectivity index (χ2n) is 4.67. The molecule has 0 aromatic carbocycles. The SMILES string of the molecule is O=S(=O)(NCCOc1ccc(-c2ccco2)nn1)c1cccnc1. The highest BCUT2D eigenvalue weighted by Gasteiger charge is 2.13. The monoisotopic (exact) mass is 346 g/mol. The summed E-state index contributed by atoms with van der Waals surface area (Å²) in [5.74, 6) is 0.907. The van der Waals surface area contributed by atoms with Gasteiger partial charge in [0.2, 0.25) is 15.9 Å². The Bertz CT molecular complexity index is 866. The van der Waals surface area contributed by atoms with Gasteiger partial charge in [-0.15, -0.1) is 10.2 Å². The van der Waals surface area contributed by atoms with Gasteiger partial charge in [-0.05, 0) is 30.3 Å². The number of sulfonamides is 1. The van der Waals surface area contributed by atoms with E-state index in [2.05, 4.69) is 19.9 Å². The Morgan fingerprint density at radius 1 is 1.12 bits per heavy atom. The van der Waals surface area contributed by atoms with Gasteiger partial charge in [0, 0.05) is 25.0 Å². The maximum Gasteiger partial charge on any atom is 0.242 e. The highest BCUT2D eigenvalue weighted by molar-refractivity contribution is 7.89. The van der Waals surface area contributed by atoms with Crippen LogP contribution in [0.1, 0.15) is 0 Å². The molecule has 0 amide bonds. The van der Waals surface area contributed by atoms with Gasteiger partial charge in [0.1, 0.15) is 17.2 Å². The normalized spacial score (nSPS) is 11.3. The number of aromatic nitrogens is 3. The standard InChI is InChI=1S/C15H14N4O4S/c20-24(21,12-3-1-7-16-11-12)17-8-10-23-15-6-5-13(18-19-15)14-4-2-9-22-14/h1-7,9,11,17H,8,10H2. The van der Waals surface area contributed by atoms with E-state index in [1.807, 2.05) is 0 Å². The molecule has 0 aliphatic heterocycles. The van der Waals surface area contributed by atoms with E-state index in [-0.39, 0.29) is 18.0 Å². The first-order valence-electron chi connectivity index (χ1n) is 7.05. The van der Waals surface area contributed by atoms with Gasteiger partial charge in [-0.25, -0.2) is 13.1 Å². The van der Waals surface area contributed by atoms with Crippen LogP contribution in [0.5, 0.6) is 5.88 Å². The van der Waals surface area contributed by atoms with E-state index < -0.39 is 10.0 Å². The van der Waals surface area contributed by atoms with Gasteiger partial charge >= 0.3 is 0 Å². The fourth-order valence-corrected chi connectivity index (χ4v) is 2.85. The molecule has 3 rings (SSSR count). The first-order valence-corrected chi connectivity index (χ1v) is 8.53. The summed E-state index contributed by atoms with van der Waals surface area (Å²) in [5.41, 5.74) is 0.588. The summed E-state index contributed by atoms with van der Waals surface area (Å²) in [7, 11) is -3.59. The van der Waals surface area contributed by atoms with E-state index in [1.165, 1.54) is 18.5 Å². The summed E-state index contributed by atoms with van der Waals surface area (Å²) in [5, 5.41) is 7.89. The molecule has 0 aliphatic carbocycles. The minimum atomic E-state index is -3.59. The third-order valence-electron chi connectivity index (χ3n) is 3.00. The van der Waals surface area contributed by atoms with E-state index in [9.17, 15) is 8.42 Å². The van der Waals surface area contributed by atoms with Crippen molar-refractivity contribution < 1.29 is 17.6 Å². The number of pyridine rings is 1. The molecule has 3 aromatic rings. The van der Waals surface area contributed by atoms with E-state index in [1.54, 1.807) is 36.6 Å². The van der Waals surface area contributed by atoms with Crippen LogP contribution in [0.2, 0.25) is 0 Å². The summed E-state index contributed by atoms with van der Waals surface area (Å²) < 4.78 is 36.9. The maximum absolute atomic E-state index is 12.0. The van der Waals surface area contributed by atoms with Gasteiger partial charge in [-0.3, -0.25) is 4.98 Å². The van der Waals surface area contributed by atoms with Crippen LogP contribution >= 0.6 is 0 Å². The number of ether oxygens (including phenoxy) is 1. The highest BCUT2D eigenvalue weighted by Crippen LogP contribution is 2.17. The number of nitrogens with zero attached hydrogens (tertiary/aromatic N) is 3. The Kier molecular flexibility index (Phi) is 4.82. The molecule has 0 bridgehead atoms. The molecular weight excluding hydrogens is 332 g/mol. The minimum Gasteiger partial charge on any atom is -0.475 e. The fraction of sp³-hybridized carbons (Fsp3) is 0.133. The van der Waals surface area contributed by atoms with Crippen molar-refractivity contribution in [3.8, 4) is 17.3 Å². The van der Waals surface area contributed by atoms with E-state index >= 15 is 0 Å². The highest BCUT2D eigenvalue weighted by atomic mass is 32.2.